The van der Waals surface area contributed by atoms with Gasteiger partial charge in [0.2, 0.25) is 0 Å². The van der Waals surface area contributed by atoms with E-state index in [0.29, 0.717) is 11.6 Å². The second kappa shape index (κ2) is 6.60. The van der Waals surface area contributed by atoms with E-state index in [2.05, 4.69) is 13.0 Å². The molecule has 0 aromatic heterocycles. The first-order valence-electron chi connectivity index (χ1n) is 6.48. The molecular weight excluding hydrogens is 258 g/mol. The largest absolute Gasteiger partial charge is 0.457 e. The van der Waals surface area contributed by atoms with Gasteiger partial charge >= 0.3 is 0 Å². The highest BCUT2D eigenvalue weighted by molar-refractivity contribution is 6.31. The molecule has 0 heterocycles. The highest BCUT2D eigenvalue weighted by atomic mass is 35.5. The smallest absolute Gasteiger partial charge is 0.128 e. The molecule has 2 aromatic rings. The van der Waals surface area contributed by atoms with E-state index >= 15 is 0 Å². The van der Waals surface area contributed by atoms with Gasteiger partial charge in [0.15, 0.2) is 0 Å². The second-order valence-electron chi connectivity index (χ2n) is 4.39. The van der Waals surface area contributed by atoms with Gasteiger partial charge in [-0.2, -0.15) is 0 Å². The summed E-state index contributed by atoms with van der Waals surface area (Å²) in [6.07, 6.45) is 1.78. The summed E-state index contributed by atoms with van der Waals surface area (Å²) in [7, 11) is 0. The van der Waals surface area contributed by atoms with Crippen LogP contribution >= 0.6 is 11.6 Å². The molecule has 0 saturated carbocycles. The van der Waals surface area contributed by atoms with Crippen molar-refractivity contribution in [2.24, 2.45) is 5.73 Å². The first-order valence-corrected chi connectivity index (χ1v) is 6.86. The number of ether oxygens (including phenoxy) is 1. The van der Waals surface area contributed by atoms with Gasteiger partial charge in [-0.25, -0.2) is 0 Å². The van der Waals surface area contributed by atoms with E-state index in [1.165, 1.54) is 5.56 Å². The molecule has 0 atom stereocenters. The number of hydrogen-bond acceptors (Lipinski definition) is 2. The predicted molar refractivity (Wildman–Crippen MR) is 80.1 cm³/mol. The van der Waals surface area contributed by atoms with Crippen LogP contribution in [0, 0.1) is 0 Å². The predicted octanol–water partition coefficient (Wildman–Crippen LogP) is 4.20. The molecule has 0 bridgehead atoms. The summed E-state index contributed by atoms with van der Waals surface area (Å²) in [6.45, 7) is 2.72. The third kappa shape index (κ3) is 3.72. The molecule has 2 rings (SSSR count). The lowest BCUT2D eigenvalue weighted by atomic mass is 10.1. The topological polar surface area (TPSA) is 35.2 Å². The minimum absolute atomic E-state index is 0.596. The molecule has 100 valence electrons. The van der Waals surface area contributed by atoms with E-state index in [0.717, 1.165) is 29.9 Å². The fourth-order valence-corrected chi connectivity index (χ4v) is 2.18. The zero-order valence-corrected chi connectivity index (χ0v) is 11.8. The molecular formula is C16H18ClNO. The van der Waals surface area contributed by atoms with Crippen molar-refractivity contribution in [2.75, 3.05) is 6.54 Å². The van der Waals surface area contributed by atoms with E-state index in [-0.39, 0.29) is 0 Å². The van der Waals surface area contributed by atoms with Gasteiger partial charge in [0, 0.05) is 5.02 Å². The van der Waals surface area contributed by atoms with E-state index in [9.17, 15) is 0 Å². The molecule has 2 aromatic carbocycles. The van der Waals surface area contributed by atoms with E-state index in [4.69, 9.17) is 22.1 Å². The molecule has 2 N–H and O–H groups in total. The van der Waals surface area contributed by atoms with Gasteiger partial charge in [0.25, 0.3) is 0 Å². The number of nitrogens with two attached hydrogens (primary N) is 1. The number of rotatable bonds is 5. The molecule has 19 heavy (non-hydrogen) atoms. The molecule has 2 nitrogen and oxygen atoms in total. The van der Waals surface area contributed by atoms with Crippen LogP contribution in [0.15, 0.2) is 42.5 Å². The normalized spacial score (nSPS) is 10.5. The molecule has 0 spiro atoms. The van der Waals surface area contributed by atoms with Gasteiger partial charge in [0.1, 0.15) is 11.5 Å². The van der Waals surface area contributed by atoms with Crippen LogP contribution in [0.25, 0.3) is 0 Å². The molecule has 3 heteroatoms. The van der Waals surface area contributed by atoms with Crippen molar-refractivity contribution in [3.8, 4) is 11.5 Å². The van der Waals surface area contributed by atoms with Gasteiger partial charge in [-0.15, -0.1) is 0 Å². The second-order valence-corrected chi connectivity index (χ2v) is 4.80. The Morgan fingerprint density at radius 2 is 1.89 bits per heavy atom. The minimum Gasteiger partial charge on any atom is -0.457 e. The maximum atomic E-state index is 6.20. The molecule has 0 aliphatic heterocycles. The van der Waals surface area contributed by atoms with Crippen molar-refractivity contribution in [1.82, 2.24) is 0 Å². The van der Waals surface area contributed by atoms with Crippen molar-refractivity contribution >= 4 is 11.6 Å². The molecule has 0 aliphatic rings. The summed E-state index contributed by atoms with van der Waals surface area (Å²) < 4.78 is 5.82. The zero-order valence-electron chi connectivity index (χ0n) is 11.0. The molecule has 0 unspecified atom stereocenters. The Hall–Kier alpha value is -1.51. The highest BCUT2D eigenvalue weighted by Crippen LogP contribution is 2.27. The van der Waals surface area contributed by atoms with Crippen LogP contribution in [-0.4, -0.2) is 6.54 Å². The lowest BCUT2D eigenvalue weighted by molar-refractivity contribution is 0.482. The summed E-state index contributed by atoms with van der Waals surface area (Å²) in [5.41, 5.74) is 7.84. The first kappa shape index (κ1) is 13.9. The SMILES string of the molecule is CCc1cccc(Oc2ccc(CCN)c(Cl)c2)c1. The molecule has 0 fully saturated rings. The Kier molecular flexibility index (Phi) is 4.83. The van der Waals surface area contributed by atoms with Crippen LogP contribution < -0.4 is 10.5 Å². The van der Waals surface area contributed by atoms with Crippen molar-refractivity contribution in [3.05, 3.63) is 58.6 Å². The Bertz CT molecular complexity index is 554. The van der Waals surface area contributed by atoms with E-state index in [1.54, 1.807) is 0 Å². The van der Waals surface area contributed by atoms with Crippen LogP contribution in [0.1, 0.15) is 18.1 Å². The van der Waals surface area contributed by atoms with Gasteiger partial charge in [-0.05, 0) is 54.8 Å². The lowest BCUT2D eigenvalue weighted by Gasteiger charge is -2.09. The number of hydrogen-bond donors (Lipinski definition) is 1. The van der Waals surface area contributed by atoms with Crippen molar-refractivity contribution in [2.45, 2.75) is 19.8 Å². The Balaban J connectivity index is 2.16. The lowest BCUT2D eigenvalue weighted by Crippen LogP contribution is -2.03. The van der Waals surface area contributed by atoms with Crippen LogP contribution in [0.5, 0.6) is 11.5 Å². The standard InChI is InChI=1S/C16H18ClNO/c1-2-12-4-3-5-14(10-12)19-15-7-6-13(8-9-18)16(17)11-15/h3-7,10-11H,2,8-9,18H2,1H3. The maximum Gasteiger partial charge on any atom is 0.128 e. The van der Waals surface area contributed by atoms with Crippen molar-refractivity contribution in [1.29, 1.82) is 0 Å². The quantitative estimate of drug-likeness (QED) is 0.888. The molecule has 0 radical (unpaired) electrons. The number of halogens is 1. The monoisotopic (exact) mass is 275 g/mol. The number of aryl methyl sites for hydroxylation is 1. The van der Waals surface area contributed by atoms with E-state index < -0.39 is 0 Å². The van der Waals surface area contributed by atoms with Crippen molar-refractivity contribution < 1.29 is 4.74 Å². The van der Waals surface area contributed by atoms with Crippen molar-refractivity contribution in [3.63, 3.8) is 0 Å². The summed E-state index contributed by atoms with van der Waals surface area (Å²) >= 11 is 6.20. The van der Waals surface area contributed by atoms with Crippen LogP contribution in [0.2, 0.25) is 5.02 Å². The third-order valence-corrected chi connectivity index (χ3v) is 3.33. The Morgan fingerprint density at radius 1 is 1.11 bits per heavy atom. The van der Waals surface area contributed by atoms with Gasteiger partial charge in [0.05, 0.1) is 0 Å². The fraction of sp³-hybridized carbons (Fsp3) is 0.250. The Morgan fingerprint density at radius 3 is 2.58 bits per heavy atom. The third-order valence-electron chi connectivity index (χ3n) is 2.98. The summed E-state index contributed by atoms with van der Waals surface area (Å²) in [5, 5.41) is 0.703. The maximum absolute atomic E-state index is 6.20. The first-order chi connectivity index (χ1) is 9.22. The van der Waals surface area contributed by atoms with Crippen LogP contribution in [0.4, 0.5) is 0 Å². The molecule has 0 amide bonds. The van der Waals surface area contributed by atoms with Gasteiger partial charge in [-0.1, -0.05) is 36.7 Å². The zero-order chi connectivity index (χ0) is 13.7. The van der Waals surface area contributed by atoms with Gasteiger partial charge in [-0.3, -0.25) is 0 Å². The van der Waals surface area contributed by atoms with Crippen LogP contribution in [-0.2, 0) is 12.8 Å². The average molecular weight is 276 g/mol. The summed E-state index contributed by atoms with van der Waals surface area (Å²) in [5.74, 6) is 1.58. The number of benzene rings is 2. The minimum atomic E-state index is 0.596. The molecule has 0 saturated heterocycles. The van der Waals surface area contributed by atoms with Crippen LogP contribution in [0.3, 0.4) is 0 Å². The van der Waals surface area contributed by atoms with Gasteiger partial charge < -0.3 is 10.5 Å². The average Bonchev–Trinajstić information content (AvgIpc) is 2.42. The summed E-state index contributed by atoms with van der Waals surface area (Å²) in [6, 6.07) is 13.8. The fourth-order valence-electron chi connectivity index (χ4n) is 1.91. The highest BCUT2D eigenvalue weighted by Gasteiger charge is 2.03. The van der Waals surface area contributed by atoms with E-state index in [1.807, 2.05) is 36.4 Å². The molecule has 0 aliphatic carbocycles. The Labute approximate surface area is 119 Å². The summed E-state index contributed by atoms with van der Waals surface area (Å²) in [4.78, 5) is 0.